The molecule has 1 atom stereocenters. The molecule has 30 heavy (non-hydrogen) atoms. The smallest absolute Gasteiger partial charge is 0.150 e. The van der Waals surface area contributed by atoms with Gasteiger partial charge in [-0.3, -0.25) is 4.79 Å². The highest BCUT2D eigenvalue weighted by molar-refractivity contribution is 5.90. The largest absolute Gasteiger partial charge is 0.375 e. The molecule has 0 radical (unpaired) electrons. The molecule has 0 spiro atoms. The van der Waals surface area contributed by atoms with Crippen LogP contribution in [0, 0.1) is 12.8 Å². The molecule has 2 aromatic rings. The van der Waals surface area contributed by atoms with Crippen LogP contribution in [0.3, 0.4) is 0 Å². The lowest BCUT2D eigenvalue weighted by Crippen LogP contribution is -2.40. The van der Waals surface area contributed by atoms with Crippen molar-refractivity contribution in [1.82, 2.24) is 14.4 Å². The molecule has 1 aliphatic rings. The number of likely N-dealkylation sites (tertiary alicyclic amines) is 1. The fourth-order valence-corrected chi connectivity index (χ4v) is 4.97. The van der Waals surface area contributed by atoms with Gasteiger partial charge in [-0.25, -0.2) is 0 Å². The van der Waals surface area contributed by atoms with E-state index >= 15 is 0 Å². The van der Waals surface area contributed by atoms with Crippen LogP contribution in [-0.4, -0.2) is 53.4 Å². The standard InChI is InChI=1S/C26H39N3O/c1-5-9-24-21(4)29(26-18-23(20-30)11-12-25(24)26)17-16-27(7-3)14-15-28-13-8-10-22(6-2)19-28/h7,11-12,18,20,22H,3,5-6,8-10,13-17,19H2,1-2,4H3. The monoisotopic (exact) mass is 409 g/mol. The molecule has 1 aromatic heterocycles. The second-order valence-electron chi connectivity index (χ2n) is 8.80. The summed E-state index contributed by atoms with van der Waals surface area (Å²) in [5.41, 5.74) is 4.70. The highest BCUT2D eigenvalue weighted by Gasteiger charge is 2.19. The maximum Gasteiger partial charge on any atom is 0.150 e. The fourth-order valence-electron chi connectivity index (χ4n) is 4.97. The number of benzene rings is 1. The number of hydrogen-bond acceptors (Lipinski definition) is 3. The molecule has 2 heterocycles. The number of hydrogen-bond donors (Lipinski definition) is 0. The summed E-state index contributed by atoms with van der Waals surface area (Å²) < 4.78 is 2.40. The van der Waals surface area contributed by atoms with Crippen LogP contribution in [0.1, 0.15) is 61.1 Å². The topological polar surface area (TPSA) is 28.5 Å². The summed E-state index contributed by atoms with van der Waals surface area (Å²) in [5, 5.41) is 1.30. The Bertz CT molecular complexity index is 854. The Morgan fingerprint density at radius 1 is 1.23 bits per heavy atom. The molecule has 1 aromatic carbocycles. The molecule has 0 aliphatic carbocycles. The minimum absolute atomic E-state index is 0.750. The van der Waals surface area contributed by atoms with Crippen LogP contribution in [0.2, 0.25) is 0 Å². The van der Waals surface area contributed by atoms with Crippen molar-refractivity contribution in [3.8, 4) is 0 Å². The quantitative estimate of drug-likeness (QED) is 0.473. The zero-order chi connectivity index (χ0) is 21.5. The number of carbonyl (C=O) groups excluding carboxylic acids is 1. The van der Waals surface area contributed by atoms with Crippen molar-refractivity contribution in [2.24, 2.45) is 5.92 Å². The molecule has 1 fully saturated rings. The molecule has 1 unspecified atom stereocenters. The average molecular weight is 410 g/mol. The number of aldehydes is 1. The third-order valence-electron chi connectivity index (χ3n) is 6.87. The van der Waals surface area contributed by atoms with Gasteiger partial charge in [0.1, 0.15) is 6.29 Å². The lowest BCUT2D eigenvalue weighted by Gasteiger charge is -2.33. The molecule has 4 nitrogen and oxygen atoms in total. The zero-order valence-corrected chi connectivity index (χ0v) is 19.2. The van der Waals surface area contributed by atoms with Crippen molar-refractivity contribution in [3.63, 3.8) is 0 Å². The van der Waals surface area contributed by atoms with Crippen LogP contribution < -0.4 is 0 Å². The van der Waals surface area contributed by atoms with E-state index in [0.29, 0.717) is 0 Å². The van der Waals surface area contributed by atoms with Gasteiger partial charge in [0.05, 0.1) is 0 Å². The Balaban J connectivity index is 1.69. The first-order chi connectivity index (χ1) is 14.6. The van der Waals surface area contributed by atoms with Crippen LogP contribution in [-0.2, 0) is 13.0 Å². The van der Waals surface area contributed by atoms with E-state index in [4.69, 9.17) is 0 Å². The van der Waals surface area contributed by atoms with Crippen molar-refractivity contribution in [2.75, 3.05) is 32.7 Å². The van der Waals surface area contributed by atoms with Crippen LogP contribution in [0.15, 0.2) is 31.0 Å². The number of nitrogens with zero attached hydrogens (tertiary/aromatic N) is 3. The minimum Gasteiger partial charge on any atom is -0.375 e. The molecule has 0 bridgehead atoms. The average Bonchev–Trinajstić information content (AvgIpc) is 3.04. The molecule has 164 valence electrons. The van der Waals surface area contributed by atoms with Gasteiger partial charge in [-0.05, 0) is 56.5 Å². The first kappa shape index (κ1) is 22.6. The first-order valence-electron chi connectivity index (χ1n) is 11.8. The number of aryl methyl sites for hydroxylation is 1. The number of aromatic nitrogens is 1. The van der Waals surface area contributed by atoms with Gasteiger partial charge in [-0.2, -0.15) is 0 Å². The molecule has 1 aliphatic heterocycles. The SMILES string of the molecule is C=CN(CCN1CCCC(CC)C1)CCn1c(C)c(CCC)c2ccc(C=O)cc21. The van der Waals surface area contributed by atoms with Gasteiger partial charge in [0.15, 0.2) is 0 Å². The maximum atomic E-state index is 11.3. The van der Waals surface area contributed by atoms with Crippen molar-refractivity contribution in [1.29, 1.82) is 0 Å². The van der Waals surface area contributed by atoms with E-state index < -0.39 is 0 Å². The van der Waals surface area contributed by atoms with E-state index in [-0.39, 0.29) is 0 Å². The summed E-state index contributed by atoms with van der Waals surface area (Å²) in [4.78, 5) is 16.3. The summed E-state index contributed by atoms with van der Waals surface area (Å²) >= 11 is 0. The predicted octanol–water partition coefficient (Wildman–Crippen LogP) is 5.28. The van der Waals surface area contributed by atoms with Gasteiger partial charge in [0.25, 0.3) is 0 Å². The van der Waals surface area contributed by atoms with E-state index in [9.17, 15) is 4.79 Å². The van der Waals surface area contributed by atoms with Crippen molar-refractivity contribution >= 4 is 17.2 Å². The molecule has 4 heteroatoms. The Kier molecular flexibility index (Phi) is 8.15. The van der Waals surface area contributed by atoms with E-state index in [0.717, 1.165) is 56.8 Å². The Morgan fingerprint density at radius 3 is 2.73 bits per heavy atom. The minimum atomic E-state index is 0.750. The zero-order valence-electron chi connectivity index (χ0n) is 19.2. The summed E-state index contributed by atoms with van der Waals surface area (Å²) in [6.07, 6.45) is 9.17. The molecule has 0 amide bonds. The molecular weight excluding hydrogens is 370 g/mol. The van der Waals surface area contributed by atoms with Gasteiger partial charge in [-0.1, -0.05) is 45.4 Å². The molecule has 1 saturated heterocycles. The van der Waals surface area contributed by atoms with Crippen molar-refractivity contribution in [2.45, 2.75) is 59.4 Å². The van der Waals surface area contributed by atoms with E-state index in [1.807, 2.05) is 18.3 Å². The lowest BCUT2D eigenvalue weighted by molar-refractivity contribution is 0.112. The number of rotatable bonds is 11. The summed E-state index contributed by atoms with van der Waals surface area (Å²) in [6.45, 7) is 17.3. The van der Waals surface area contributed by atoms with Gasteiger partial charge in [-0.15, -0.1) is 0 Å². The molecular formula is C26H39N3O. The third kappa shape index (κ3) is 5.15. The molecule has 0 N–H and O–H groups in total. The van der Waals surface area contributed by atoms with E-state index in [1.165, 1.54) is 54.5 Å². The maximum absolute atomic E-state index is 11.3. The molecule has 0 saturated carbocycles. The highest BCUT2D eigenvalue weighted by atomic mass is 16.1. The third-order valence-corrected chi connectivity index (χ3v) is 6.87. The van der Waals surface area contributed by atoms with Gasteiger partial charge in [0.2, 0.25) is 0 Å². The fraction of sp³-hybridized carbons (Fsp3) is 0.577. The van der Waals surface area contributed by atoms with Gasteiger partial charge < -0.3 is 14.4 Å². The second-order valence-corrected chi connectivity index (χ2v) is 8.80. The Hall–Kier alpha value is -2.07. The van der Waals surface area contributed by atoms with Gasteiger partial charge >= 0.3 is 0 Å². The number of carbonyl (C=O) groups is 1. The molecule has 3 rings (SSSR count). The normalized spacial score (nSPS) is 17.4. The first-order valence-corrected chi connectivity index (χ1v) is 11.8. The van der Waals surface area contributed by atoms with Crippen LogP contribution >= 0.6 is 0 Å². The Morgan fingerprint density at radius 2 is 2.03 bits per heavy atom. The lowest BCUT2D eigenvalue weighted by atomic mass is 9.96. The van der Waals surface area contributed by atoms with E-state index in [1.54, 1.807) is 0 Å². The summed E-state index contributed by atoms with van der Waals surface area (Å²) in [6, 6.07) is 6.11. The summed E-state index contributed by atoms with van der Waals surface area (Å²) in [5.74, 6) is 0.869. The second kappa shape index (κ2) is 10.8. The van der Waals surface area contributed by atoms with E-state index in [2.05, 4.69) is 47.8 Å². The van der Waals surface area contributed by atoms with Crippen molar-refractivity contribution < 1.29 is 4.79 Å². The number of piperidine rings is 1. The van der Waals surface area contributed by atoms with Crippen LogP contribution in [0.5, 0.6) is 0 Å². The van der Waals surface area contributed by atoms with Crippen LogP contribution in [0.25, 0.3) is 10.9 Å². The Labute approximate surface area is 182 Å². The highest BCUT2D eigenvalue weighted by Crippen LogP contribution is 2.28. The summed E-state index contributed by atoms with van der Waals surface area (Å²) in [7, 11) is 0. The number of fused-ring (bicyclic) bond motifs is 1. The predicted molar refractivity (Wildman–Crippen MR) is 127 cm³/mol. The van der Waals surface area contributed by atoms with Crippen LogP contribution in [0.4, 0.5) is 0 Å². The van der Waals surface area contributed by atoms with Crippen molar-refractivity contribution in [3.05, 3.63) is 47.8 Å². The van der Waals surface area contributed by atoms with Gasteiger partial charge in [0, 0.05) is 54.9 Å².